The van der Waals surface area contributed by atoms with Crippen LogP contribution in [-0.4, -0.2) is 102 Å². The molecule has 3 aliphatic heterocycles. The molecule has 3 saturated heterocycles. The van der Waals surface area contributed by atoms with Crippen molar-refractivity contribution < 1.29 is 31.9 Å². The zero-order chi connectivity index (χ0) is 36.2. The van der Waals surface area contributed by atoms with E-state index >= 15 is 4.39 Å². The highest BCUT2D eigenvalue weighted by atomic mass is 35.5. The normalized spacial score (nSPS) is 18.5. The van der Waals surface area contributed by atoms with Gasteiger partial charge >= 0.3 is 13.6 Å². The number of pyridine rings is 1. The molecule has 0 aliphatic carbocycles. The first-order chi connectivity index (χ1) is 24.6. The first-order valence-electron chi connectivity index (χ1n) is 17.5. The topological polar surface area (TPSA) is 119 Å². The van der Waals surface area contributed by atoms with E-state index < -0.39 is 19.6 Å². The highest BCUT2D eigenvalue weighted by Crippen LogP contribution is 2.48. The Hall–Kier alpha value is -3.48. The van der Waals surface area contributed by atoms with Gasteiger partial charge in [-0.05, 0) is 70.5 Å². The van der Waals surface area contributed by atoms with Crippen LogP contribution in [0.5, 0.6) is 6.01 Å². The Kier molecular flexibility index (Phi) is 11.7. The molecule has 274 valence electrons. The SMILES string of the molecule is CCOP(=O)(CC(=O)N1CCC(F)C1)OCC.CNc1nc(OCC23CCCN2CCC3)nc2c(F)c(-c3cccc4cccc(Cl)c34)ncc12. The molecule has 0 saturated carbocycles. The molecule has 4 aromatic rings. The van der Waals surface area contributed by atoms with E-state index in [-0.39, 0.29) is 54.6 Å². The largest absolute Gasteiger partial charge is 0.461 e. The molecule has 1 amide bonds. The summed E-state index contributed by atoms with van der Waals surface area (Å²) in [4.78, 5) is 29.1. The van der Waals surface area contributed by atoms with Crippen LogP contribution in [0.4, 0.5) is 14.6 Å². The number of amides is 1. The van der Waals surface area contributed by atoms with E-state index in [1.54, 1.807) is 33.2 Å². The minimum Gasteiger partial charge on any atom is -0.461 e. The van der Waals surface area contributed by atoms with Gasteiger partial charge in [0.25, 0.3) is 0 Å². The third-order valence-corrected chi connectivity index (χ3v) is 12.0. The minimum absolute atomic E-state index is 0.0553. The van der Waals surface area contributed by atoms with Gasteiger partial charge in [0.15, 0.2) is 5.82 Å². The van der Waals surface area contributed by atoms with Gasteiger partial charge in [-0.3, -0.25) is 19.2 Å². The van der Waals surface area contributed by atoms with Gasteiger partial charge in [-0.15, -0.1) is 0 Å². The van der Waals surface area contributed by atoms with Crippen LogP contribution in [0.25, 0.3) is 32.9 Å². The first kappa shape index (κ1) is 37.3. The van der Waals surface area contributed by atoms with Crippen LogP contribution in [0.3, 0.4) is 0 Å². The number of halogens is 3. The van der Waals surface area contributed by atoms with Gasteiger partial charge < -0.3 is 24.0 Å². The highest BCUT2D eigenvalue weighted by molar-refractivity contribution is 7.54. The van der Waals surface area contributed by atoms with Gasteiger partial charge in [0.2, 0.25) is 5.91 Å². The average molecular weight is 745 g/mol. The third kappa shape index (κ3) is 7.98. The lowest BCUT2D eigenvalue weighted by atomic mass is 9.95. The summed E-state index contributed by atoms with van der Waals surface area (Å²) in [5.74, 6) is -0.397. The van der Waals surface area contributed by atoms with Gasteiger partial charge in [0, 0.05) is 35.8 Å². The number of nitrogens with zero attached hydrogens (tertiary/aromatic N) is 5. The maximum atomic E-state index is 16.0. The summed E-state index contributed by atoms with van der Waals surface area (Å²) in [6.07, 6.45) is 5.27. The maximum Gasteiger partial charge on any atom is 0.340 e. The zero-order valence-corrected chi connectivity index (χ0v) is 30.8. The molecule has 5 heterocycles. The van der Waals surface area contributed by atoms with Crippen molar-refractivity contribution in [3.05, 3.63) is 53.4 Å². The van der Waals surface area contributed by atoms with Gasteiger partial charge in [-0.2, -0.15) is 9.97 Å². The average Bonchev–Trinajstić information content (AvgIpc) is 3.84. The van der Waals surface area contributed by atoms with E-state index in [9.17, 15) is 13.8 Å². The Bertz CT molecular complexity index is 1910. The summed E-state index contributed by atoms with van der Waals surface area (Å²) in [5.41, 5.74) is 1.06. The number of anilines is 1. The molecule has 1 N–H and O–H groups in total. The molecule has 3 fully saturated rings. The summed E-state index contributed by atoms with van der Waals surface area (Å²) in [6, 6.07) is 11.5. The Morgan fingerprint density at radius 2 is 1.78 bits per heavy atom. The number of fused-ring (bicyclic) bond motifs is 3. The molecular formula is C36H44ClF2N6O5P. The predicted molar refractivity (Wildman–Crippen MR) is 195 cm³/mol. The van der Waals surface area contributed by atoms with Crippen molar-refractivity contribution in [2.24, 2.45) is 0 Å². The summed E-state index contributed by atoms with van der Waals surface area (Å²) in [5, 5.41) is 5.78. The molecule has 51 heavy (non-hydrogen) atoms. The zero-order valence-electron chi connectivity index (χ0n) is 29.2. The van der Waals surface area contributed by atoms with Crippen molar-refractivity contribution in [1.29, 1.82) is 0 Å². The molecule has 0 radical (unpaired) electrons. The lowest BCUT2D eigenvalue weighted by Gasteiger charge is -2.31. The molecule has 11 nitrogen and oxygen atoms in total. The molecule has 1 atom stereocenters. The summed E-state index contributed by atoms with van der Waals surface area (Å²) >= 11 is 6.49. The fourth-order valence-corrected chi connectivity index (χ4v) is 9.22. The second-order valence-corrected chi connectivity index (χ2v) is 15.4. The summed E-state index contributed by atoms with van der Waals surface area (Å²) < 4.78 is 57.2. The Balaban J connectivity index is 0.000000224. The fraction of sp³-hybridized carbons (Fsp3) is 0.500. The third-order valence-electron chi connectivity index (χ3n) is 9.75. The molecular weight excluding hydrogens is 701 g/mol. The maximum absolute atomic E-state index is 16.0. The van der Waals surface area contributed by atoms with Crippen molar-refractivity contribution in [1.82, 2.24) is 24.8 Å². The van der Waals surface area contributed by atoms with Crippen LogP contribution in [0.2, 0.25) is 5.02 Å². The van der Waals surface area contributed by atoms with Crippen molar-refractivity contribution in [3.63, 3.8) is 0 Å². The predicted octanol–water partition coefficient (Wildman–Crippen LogP) is 7.51. The summed E-state index contributed by atoms with van der Waals surface area (Å²) in [6.45, 7) is 7.00. The fourth-order valence-electron chi connectivity index (χ4n) is 7.36. The number of alkyl halides is 1. The van der Waals surface area contributed by atoms with Crippen LogP contribution in [0.1, 0.15) is 46.0 Å². The number of carbonyl (C=O) groups is 1. The van der Waals surface area contributed by atoms with E-state index in [1.165, 1.54) is 17.7 Å². The number of hydrogen-bond acceptors (Lipinski definition) is 10. The van der Waals surface area contributed by atoms with Crippen LogP contribution >= 0.6 is 19.2 Å². The smallest absolute Gasteiger partial charge is 0.340 e. The van der Waals surface area contributed by atoms with Crippen LogP contribution < -0.4 is 10.1 Å². The Morgan fingerprint density at radius 1 is 1.08 bits per heavy atom. The molecule has 1 unspecified atom stereocenters. The second kappa shape index (κ2) is 16.0. The van der Waals surface area contributed by atoms with Crippen molar-refractivity contribution in [2.45, 2.75) is 57.7 Å². The van der Waals surface area contributed by atoms with Gasteiger partial charge in [0.05, 0.1) is 30.7 Å². The number of nitrogens with one attached hydrogen (secondary N) is 1. The molecule has 0 bridgehead atoms. The van der Waals surface area contributed by atoms with Crippen LogP contribution in [-0.2, 0) is 18.4 Å². The molecule has 7 rings (SSSR count). The number of ether oxygens (including phenoxy) is 1. The van der Waals surface area contributed by atoms with Gasteiger partial charge in [-0.25, -0.2) is 8.78 Å². The quantitative estimate of drug-likeness (QED) is 0.155. The molecule has 0 spiro atoms. The minimum atomic E-state index is -3.36. The monoisotopic (exact) mass is 744 g/mol. The number of benzene rings is 2. The summed E-state index contributed by atoms with van der Waals surface area (Å²) in [7, 11) is -1.62. The highest BCUT2D eigenvalue weighted by Gasteiger charge is 2.45. The van der Waals surface area contributed by atoms with E-state index in [2.05, 4.69) is 25.2 Å². The van der Waals surface area contributed by atoms with Crippen molar-refractivity contribution >= 4 is 52.6 Å². The second-order valence-electron chi connectivity index (χ2n) is 13.0. The van der Waals surface area contributed by atoms with Gasteiger partial charge in [-0.1, -0.05) is 41.9 Å². The van der Waals surface area contributed by atoms with Crippen molar-refractivity contribution in [2.75, 3.05) is 64.5 Å². The van der Waals surface area contributed by atoms with Crippen LogP contribution in [0.15, 0.2) is 42.6 Å². The van der Waals surface area contributed by atoms with Crippen molar-refractivity contribution in [3.8, 4) is 17.3 Å². The molecule has 2 aromatic carbocycles. The number of hydrogen-bond donors (Lipinski definition) is 1. The Labute approximate surface area is 301 Å². The van der Waals surface area contributed by atoms with E-state index in [1.807, 2.05) is 30.3 Å². The number of likely N-dealkylation sites (tertiary alicyclic amines) is 1. The first-order valence-corrected chi connectivity index (χ1v) is 19.6. The number of aromatic nitrogens is 3. The number of carbonyl (C=O) groups excluding carboxylic acids is 1. The molecule has 15 heteroatoms. The standard InChI is InChI=1S/C26H25ClFN5O.C10H19FNO4P/c1-29-24-18-14-30-22(17-8-2-6-16-7-3-9-19(27)20(16)17)21(28)23(18)31-25(32-24)34-15-26-10-4-12-33(26)13-5-11-26;1-3-15-17(14,16-4-2)8-10(13)12-6-5-9(11)7-12/h2-3,6-9,14H,4-5,10-13,15H2,1H3,(H,29,31,32);9H,3-8H2,1-2H3. The van der Waals surface area contributed by atoms with E-state index in [0.29, 0.717) is 41.4 Å². The van der Waals surface area contributed by atoms with E-state index in [0.717, 1.165) is 36.7 Å². The molecule has 2 aromatic heterocycles. The van der Waals surface area contributed by atoms with Crippen LogP contribution in [0, 0.1) is 5.82 Å². The van der Waals surface area contributed by atoms with Gasteiger partial charge in [0.1, 0.15) is 36.0 Å². The molecule has 3 aliphatic rings. The lowest BCUT2D eigenvalue weighted by molar-refractivity contribution is -0.127. The lowest BCUT2D eigenvalue weighted by Crippen LogP contribution is -2.43. The number of rotatable bonds is 11. The Morgan fingerprint density at radius 3 is 2.43 bits per heavy atom. The van der Waals surface area contributed by atoms with E-state index in [4.69, 9.17) is 25.4 Å².